The third-order valence-corrected chi connectivity index (χ3v) is 4.96. The number of nitrogens with zero attached hydrogens (tertiary/aromatic N) is 2. The van der Waals surface area contributed by atoms with E-state index in [0.29, 0.717) is 6.42 Å². The third kappa shape index (κ3) is 1.86. The van der Waals surface area contributed by atoms with Crippen LogP contribution in [0.25, 0.3) is 11.0 Å². The molecule has 0 bridgehead atoms. The van der Waals surface area contributed by atoms with Crippen molar-refractivity contribution in [2.24, 2.45) is 0 Å². The van der Waals surface area contributed by atoms with E-state index in [9.17, 15) is 4.79 Å². The van der Waals surface area contributed by atoms with Crippen molar-refractivity contribution in [2.75, 3.05) is 5.32 Å². The maximum atomic E-state index is 12.7. The molecule has 0 radical (unpaired) electrons. The van der Waals surface area contributed by atoms with Gasteiger partial charge in [0.1, 0.15) is 0 Å². The van der Waals surface area contributed by atoms with Gasteiger partial charge in [-0.25, -0.2) is 4.98 Å². The molecule has 2 heterocycles. The van der Waals surface area contributed by atoms with Crippen LogP contribution in [0.3, 0.4) is 0 Å². The molecule has 5 rings (SSSR count). The fraction of sp³-hybridized carbons (Fsp3) is 0.200. The Kier molecular flexibility index (Phi) is 2.86. The van der Waals surface area contributed by atoms with Crippen molar-refractivity contribution < 1.29 is 4.79 Å². The fourth-order valence-electron chi connectivity index (χ4n) is 3.92. The summed E-state index contributed by atoms with van der Waals surface area (Å²) in [6.07, 6.45) is 2.45. The zero-order valence-corrected chi connectivity index (χ0v) is 13.2. The molecule has 2 aliphatic rings. The molecule has 0 fully saturated rings. The minimum absolute atomic E-state index is 0.0994. The summed E-state index contributed by atoms with van der Waals surface area (Å²) in [7, 11) is 0. The molecule has 1 aliphatic carbocycles. The van der Waals surface area contributed by atoms with Gasteiger partial charge in [-0.15, -0.1) is 0 Å². The summed E-state index contributed by atoms with van der Waals surface area (Å²) in [5.74, 6) is 1.08. The molecule has 24 heavy (non-hydrogen) atoms. The van der Waals surface area contributed by atoms with Crippen molar-refractivity contribution in [3.8, 4) is 0 Å². The predicted molar refractivity (Wildman–Crippen MR) is 93.8 cm³/mol. The first-order valence-corrected chi connectivity index (χ1v) is 8.38. The third-order valence-electron chi connectivity index (χ3n) is 4.96. The second kappa shape index (κ2) is 5.06. The lowest BCUT2D eigenvalue weighted by Crippen LogP contribution is -2.30. The van der Waals surface area contributed by atoms with Crippen LogP contribution in [-0.2, 0) is 4.79 Å². The maximum absolute atomic E-state index is 12.7. The van der Waals surface area contributed by atoms with Crippen molar-refractivity contribution in [1.82, 2.24) is 9.55 Å². The first-order chi connectivity index (χ1) is 11.8. The van der Waals surface area contributed by atoms with Gasteiger partial charge in [0.05, 0.1) is 17.1 Å². The van der Waals surface area contributed by atoms with Crippen LogP contribution >= 0.6 is 0 Å². The summed E-state index contributed by atoms with van der Waals surface area (Å²) in [5.41, 5.74) is 5.09. The molecule has 1 aromatic heterocycles. The van der Waals surface area contributed by atoms with Gasteiger partial charge >= 0.3 is 0 Å². The average molecular weight is 315 g/mol. The molecule has 3 aromatic rings. The normalized spacial score (nSPS) is 19.8. The molecule has 118 valence electrons. The molecule has 1 N–H and O–H groups in total. The lowest BCUT2D eigenvalue weighted by molar-refractivity contribution is -0.116. The SMILES string of the molecule is O=C1CCCC2=C1[C@@H](c1ccccc1)n1c(nc3ccccc31)N2. The minimum atomic E-state index is -0.0994. The minimum Gasteiger partial charge on any atom is -0.329 e. The highest BCUT2D eigenvalue weighted by Crippen LogP contribution is 2.42. The summed E-state index contributed by atoms with van der Waals surface area (Å²) in [6.45, 7) is 0. The van der Waals surface area contributed by atoms with E-state index in [-0.39, 0.29) is 11.8 Å². The van der Waals surface area contributed by atoms with E-state index >= 15 is 0 Å². The van der Waals surface area contributed by atoms with Gasteiger partial charge in [-0.1, -0.05) is 42.5 Å². The van der Waals surface area contributed by atoms with Gasteiger partial charge in [-0.3, -0.25) is 9.36 Å². The molecule has 2 aromatic carbocycles. The molecule has 4 heteroatoms. The van der Waals surface area contributed by atoms with Gasteiger partial charge in [0.2, 0.25) is 5.95 Å². The molecule has 0 spiro atoms. The van der Waals surface area contributed by atoms with Gasteiger partial charge in [0.15, 0.2) is 5.78 Å². The summed E-state index contributed by atoms with van der Waals surface area (Å²) < 4.78 is 2.17. The number of ketones is 1. The number of imidazole rings is 1. The van der Waals surface area contributed by atoms with E-state index in [2.05, 4.69) is 28.1 Å². The predicted octanol–water partition coefficient (Wildman–Crippen LogP) is 4.06. The largest absolute Gasteiger partial charge is 0.329 e. The number of rotatable bonds is 1. The van der Waals surface area contributed by atoms with E-state index in [4.69, 9.17) is 4.98 Å². The maximum Gasteiger partial charge on any atom is 0.209 e. The van der Waals surface area contributed by atoms with Gasteiger partial charge in [-0.2, -0.15) is 0 Å². The lowest BCUT2D eigenvalue weighted by Gasteiger charge is -2.33. The topological polar surface area (TPSA) is 46.9 Å². The Labute approximate surface area is 139 Å². The van der Waals surface area contributed by atoms with Crippen LogP contribution in [0.1, 0.15) is 30.9 Å². The Morgan fingerprint density at radius 2 is 1.79 bits per heavy atom. The smallest absolute Gasteiger partial charge is 0.209 e. The number of allylic oxidation sites excluding steroid dienone is 2. The molecule has 0 unspecified atom stereocenters. The van der Waals surface area contributed by atoms with Gasteiger partial charge < -0.3 is 5.32 Å². The Hall–Kier alpha value is -2.88. The van der Waals surface area contributed by atoms with E-state index < -0.39 is 0 Å². The number of carbonyl (C=O) groups excluding carboxylic acids is 1. The molecule has 1 aliphatic heterocycles. The van der Waals surface area contributed by atoms with Crippen molar-refractivity contribution in [1.29, 1.82) is 0 Å². The van der Waals surface area contributed by atoms with Crippen LogP contribution < -0.4 is 5.32 Å². The van der Waals surface area contributed by atoms with E-state index in [1.807, 2.05) is 36.4 Å². The van der Waals surface area contributed by atoms with Crippen molar-refractivity contribution >= 4 is 22.8 Å². The van der Waals surface area contributed by atoms with Crippen LogP contribution in [0, 0.1) is 0 Å². The highest BCUT2D eigenvalue weighted by Gasteiger charge is 2.36. The van der Waals surface area contributed by atoms with Crippen LogP contribution in [0.4, 0.5) is 5.95 Å². The number of hydrogen-bond donors (Lipinski definition) is 1. The first kappa shape index (κ1) is 13.5. The number of benzene rings is 2. The Morgan fingerprint density at radius 1 is 1.00 bits per heavy atom. The van der Waals surface area contributed by atoms with Crippen molar-refractivity contribution in [3.05, 3.63) is 71.4 Å². The number of carbonyl (C=O) groups is 1. The Balaban J connectivity index is 1.83. The summed E-state index contributed by atoms with van der Waals surface area (Å²) in [6, 6.07) is 18.3. The Bertz CT molecular complexity index is 985. The zero-order valence-electron chi connectivity index (χ0n) is 13.2. The molecule has 0 saturated carbocycles. The number of hydrogen-bond acceptors (Lipinski definition) is 3. The van der Waals surface area contributed by atoms with Crippen LogP contribution in [-0.4, -0.2) is 15.3 Å². The molecular weight excluding hydrogens is 298 g/mol. The highest BCUT2D eigenvalue weighted by atomic mass is 16.1. The number of fused-ring (bicyclic) bond motifs is 3. The standard InChI is InChI=1S/C20H17N3O/c24-17-12-6-10-15-18(17)19(13-7-2-1-3-8-13)23-16-11-5-4-9-14(16)21-20(23)22-15/h1-5,7-9,11,19H,6,10,12H2,(H,21,22)/t19-/m1/s1. The molecule has 1 atom stereocenters. The van der Waals surface area contributed by atoms with E-state index in [0.717, 1.165) is 46.7 Å². The van der Waals surface area contributed by atoms with Crippen LogP contribution in [0.2, 0.25) is 0 Å². The van der Waals surface area contributed by atoms with Crippen LogP contribution in [0.15, 0.2) is 65.9 Å². The number of para-hydroxylation sites is 2. The fourth-order valence-corrected chi connectivity index (χ4v) is 3.92. The summed E-state index contributed by atoms with van der Waals surface area (Å²) >= 11 is 0. The van der Waals surface area contributed by atoms with Gasteiger partial charge in [0.25, 0.3) is 0 Å². The zero-order chi connectivity index (χ0) is 16.1. The average Bonchev–Trinajstić information content (AvgIpc) is 2.99. The monoisotopic (exact) mass is 315 g/mol. The van der Waals surface area contributed by atoms with Crippen molar-refractivity contribution in [2.45, 2.75) is 25.3 Å². The lowest BCUT2D eigenvalue weighted by atomic mass is 9.85. The number of anilines is 1. The number of Topliss-reactive ketones (excluding diaryl/α,β-unsaturated/α-hetero) is 1. The molecular formula is C20H17N3O. The summed E-state index contributed by atoms with van der Waals surface area (Å²) in [5, 5.41) is 3.43. The van der Waals surface area contributed by atoms with Gasteiger partial charge in [-0.05, 0) is 30.5 Å². The van der Waals surface area contributed by atoms with Crippen LogP contribution in [0.5, 0.6) is 0 Å². The van der Waals surface area contributed by atoms with E-state index in [1.165, 1.54) is 0 Å². The molecule has 4 nitrogen and oxygen atoms in total. The quantitative estimate of drug-likeness (QED) is 0.736. The van der Waals surface area contributed by atoms with Crippen molar-refractivity contribution in [3.63, 3.8) is 0 Å². The molecule has 0 amide bonds. The number of aromatic nitrogens is 2. The van der Waals surface area contributed by atoms with E-state index in [1.54, 1.807) is 0 Å². The first-order valence-electron chi connectivity index (χ1n) is 8.38. The summed E-state index contributed by atoms with van der Waals surface area (Å²) in [4.78, 5) is 17.5. The molecule has 0 saturated heterocycles. The second-order valence-corrected chi connectivity index (χ2v) is 6.40. The highest BCUT2D eigenvalue weighted by molar-refractivity contribution is 6.00. The number of nitrogens with one attached hydrogen (secondary N) is 1. The Morgan fingerprint density at radius 3 is 2.67 bits per heavy atom. The van der Waals surface area contributed by atoms with Gasteiger partial charge in [0, 0.05) is 17.7 Å². The second-order valence-electron chi connectivity index (χ2n) is 6.40.